The Hall–Kier alpha value is -4.67. The molecule has 10 nitrogen and oxygen atoms in total. The van der Waals surface area contributed by atoms with Gasteiger partial charge in [-0.2, -0.15) is 5.10 Å². The number of methoxy groups -OCH3 is 3. The van der Waals surface area contributed by atoms with E-state index in [1.165, 1.54) is 75.0 Å². The predicted octanol–water partition coefficient (Wildman–Crippen LogP) is 2.53. The van der Waals surface area contributed by atoms with Crippen molar-refractivity contribution in [2.24, 2.45) is 0 Å². The second-order valence-electron chi connectivity index (χ2n) is 6.96. The van der Waals surface area contributed by atoms with Crippen LogP contribution in [-0.4, -0.2) is 46.7 Å². The highest BCUT2D eigenvalue weighted by Crippen LogP contribution is 2.38. The van der Waals surface area contributed by atoms with Gasteiger partial charge in [0.25, 0.3) is 11.5 Å². The highest BCUT2D eigenvalue weighted by Gasteiger charge is 2.14. The van der Waals surface area contributed by atoms with Crippen molar-refractivity contribution >= 4 is 23.0 Å². The fourth-order valence-electron chi connectivity index (χ4n) is 3.29. The maximum atomic E-state index is 13.2. The number of carbonyl (C=O) groups is 1. The summed E-state index contributed by atoms with van der Waals surface area (Å²) in [6, 6.07) is 8.95. The number of ether oxygens (including phenoxy) is 3. The van der Waals surface area contributed by atoms with Crippen molar-refractivity contribution in [3.05, 3.63) is 76.7 Å². The van der Waals surface area contributed by atoms with Crippen LogP contribution in [0, 0.1) is 5.82 Å². The minimum Gasteiger partial charge on any atom is -0.493 e. The van der Waals surface area contributed by atoms with Gasteiger partial charge in [-0.3, -0.25) is 15.0 Å². The van der Waals surface area contributed by atoms with Crippen LogP contribution in [0.25, 0.3) is 22.8 Å². The van der Waals surface area contributed by atoms with E-state index in [0.717, 1.165) is 4.68 Å². The van der Waals surface area contributed by atoms with E-state index in [4.69, 9.17) is 14.2 Å². The zero-order valence-electron chi connectivity index (χ0n) is 18.5. The Morgan fingerprint density at radius 1 is 1.06 bits per heavy atom. The van der Waals surface area contributed by atoms with E-state index < -0.39 is 17.3 Å². The van der Waals surface area contributed by atoms with E-state index >= 15 is 0 Å². The summed E-state index contributed by atoms with van der Waals surface area (Å²) in [5.74, 6) is 0.344. The molecule has 0 saturated carbocycles. The molecule has 2 aromatic carbocycles. The smallest absolute Gasteiger partial charge is 0.283 e. The van der Waals surface area contributed by atoms with Gasteiger partial charge in [-0.1, -0.05) is 0 Å². The van der Waals surface area contributed by atoms with Gasteiger partial charge in [0.15, 0.2) is 17.1 Å². The molecule has 0 aliphatic rings. The number of hydrogen-bond donors (Lipinski definition) is 1. The van der Waals surface area contributed by atoms with Crippen molar-refractivity contribution in [1.82, 2.24) is 19.4 Å². The van der Waals surface area contributed by atoms with E-state index in [0.29, 0.717) is 28.5 Å². The number of nitrogens with zero attached hydrogens (tertiary/aromatic N) is 4. The third-order valence-electron chi connectivity index (χ3n) is 4.90. The second kappa shape index (κ2) is 9.45. The lowest BCUT2D eigenvalue weighted by Crippen LogP contribution is -2.32. The van der Waals surface area contributed by atoms with Gasteiger partial charge in [-0.25, -0.2) is 18.7 Å². The third kappa shape index (κ3) is 4.31. The average molecular weight is 465 g/mol. The second-order valence-corrected chi connectivity index (χ2v) is 6.96. The summed E-state index contributed by atoms with van der Waals surface area (Å²) >= 11 is 0. The van der Waals surface area contributed by atoms with Crippen LogP contribution in [0.15, 0.2) is 59.8 Å². The molecule has 2 heterocycles. The van der Waals surface area contributed by atoms with Gasteiger partial charge in [-0.15, -0.1) is 0 Å². The van der Waals surface area contributed by atoms with E-state index in [1.807, 2.05) is 0 Å². The number of amides is 1. The first-order valence-corrected chi connectivity index (χ1v) is 9.95. The fraction of sp³-hybridized carbons (Fsp3) is 0.130. The molecule has 1 N–H and O–H groups in total. The molecule has 34 heavy (non-hydrogen) atoms. The lowest BCUT2D eigenvalue weighted by molar-refractivity contribution is -0.112. The minimum atomic E-state index is -0.567. The van der Waals surface area contributed by atoms with Crippen molar-refractivity contribution in [3.63, 3.8) is 0 Å². The summed E-state index contributed by atoms with van der Waals surface area (Å²) in [5, 5.41) is 4.34. The van der Waals surface area contributed by atoms with Gasteiger partial charge >= 0.3 is 0 Å². The number of hydrogen-bond acceptors (Lipinski definition) is 7. The van der Waals surface area contributed by atoms with Crippen LogP contribution in [0.3, 0.4) is 0 Å². The number of carbonyl (C=O) groups excluding carboxylic acids is 1. The Morgan fingerprint density at radius 2 is 1.74 bits per heavy atom. The van der Waals surface area contributed by atoms with Crippen LogP contribution in [0.2, 0.25) is 0 Å². The number of rotatable bonds is 7. The van der Waals surface area contributed by atoms with Crippen LogP contribution in [0.1, 0.15) is 5.56 Å². The van der Waals surface area contributed by atoms with Crippen LogP contribution in [-0.2, 0) is 4.79 Å². The van der Waals surface area contributed by atoms with Crippen molar-refractivity contribution in [2.75, 3.05) is 26.8 Å². The van der Waals surface area contributed by atoms with Crippen molar-refractivity contribution in [1.29, 1.82) is 0 Å². The zero-order chi connectivity index (χ0) is 24.2. The monoisotopic (exact) mass is 465 g/mol. The summed E-state index contributed by atoms with van der Waals surface area (Å²) in [4.78, 5) is 29.5. The molecule has 0 atom stereocenters. The highest BCUT2D eigenvalue weighted by atomic mass is 19.1. The highest BCUT2D eigenvalue weighted by molar-refractivity contribution is 5.97. The summed E-state index contributed by atoms with van der Waals surface area (Å²) in [6.07, 6.45) is 5.29. The molecule has 0 aliphatic heterocycles. The molecule has 0 aliphatic carbocycles. The quantitative estimate of drug-likeness (QED) is 0.418. The molecule has 1 amide bonds. The molecular weight excluding hydrogens is 445 g/mol. The number of halogens is 1. The first-order chi connectivity index (χ1) is 16.4. The molecule has 174 valence electrons. The standard InChI is InChI=1S/C23H20FN5O5/c1-32-18-10-14(11-19(33-2)21(18)34-3)4-9-20(30)27-28-13-25-22-17(23(28)31)12-26-29(22)16-7-5-15(24)6-8-16/h4-13H,1-3H3,(H,27,30)/b9-4+. The minimum absolute atomic E-state index is 0.181. The molecule has 0 unspecified atom stereocenters. The van der Waals surface area contributed by atoms with Gasteiger partial charge in [0.05, 0.1) is 33.2 Å². The van der Waals surface area contributed by atoms with Gasteiger partial charge in [-0.05, 0) is 48.0 Å². The van der Waals surface area contributed by atoms with E-state index in [-0.39, 0.29) is 11.0 Å². The first-order valence-electron chi connectivity index (χ1n) is 9.95. The molecular formula is C23H20FN5O5. The topological polar surface area (TPSA) is 110 Å². The maximum absolute atomic E-state index is 13.2. The number of benzene rings is 2. The molecule has 0 saturated heterocycles. The van der Waals surface area contributed by atoms with Crippen molar-refractivity contribution in [2.45, 2.75) is 0 Å². The van der Waals surface area contributed by atoms with Gasteiger partial charge in [0, 0.05) is 6.08 Å². The summed E-state index contributed by atoms with van der Waals surface area (Å²) in [6.45, 7) is 0. The molecule has 2 aromatic heterocycles. The normalized spacial score (nSPS) is 11.1. The van der Waals surface area contributed by atoms with Gasteiger partial charge in [0.1, 0.15) is 17.5 Å². The average Bonchev–Trinajstić information content (AvgIpc) is 3.29. The van der Waals surface area contributed by atoms with Crippen LogP contribution in [0.4, 0.5) is 4.39 Å². The largest absolute Gasteiger partial charge is 0.493 e. The summed E-state index contributed by atoms with van der Waals surface area (Å²) in [5.41, 5.74) is 3.36. The Bertz CT molecular complexity index is 1420. The molecule has 0 radical (unpaired) electrons. The van der Waals surface area contributed by atoms with Crippen molar-refractivity contribution < 1.29 is 23.4 Å². The van der Waals surface area contributed by atoms with Gasteiger partial charge < -0.3 is 14.2 Å². The summed E-state index contributed by atoms with van der Waals surface area (Å²) in [7, 11) is 4.48. The zero-order valence-corrected chi connectivity index (χ0v) is 18.5. The maximum Gasteiger partial charge on any atom is 0.283 e. The molecule has 0 fully saturated rings. The number of nitrogens with one attached hydrogen (secondary N) is 1. The van der Waals surface area contributed by atoms with E-state index in [2.05, 4.69) is 15.5 Å². The lowest BCUT2D eigenvalue weighted by atomic mass is 10.1. The molecule has 0 bridgehead atoms. The Kier molecular flexibility index (Phi) is 6.26. The summed E-state index contributed by atoms with van der Waals surface area (Å²) < 4.78 is 31.4. The Labute approximate surface area is 192 Å². The van der Waals surface area contributed by atoms with Crippen molar-refractivity contribution in [3.8, 4) is 22.9 Å². The molecule has 0 spiro atoms. The Morgan fingerprint density at radius 3 is 2.35 bits per heavy atom. The fourth-order valence-corrected chi connectivity index (χ4v) is 3.29. The Balaban J connectivity index is 1.57. The molecule has 4 aromatic rings. The van der Waals surface area contributed by atoms with Crippen LogP contribution in [0.5, 0.6) is 17.2 Å². The van der Waals surface area contributed by atoms with E-state index in [1.54, 1.807) is 12.1 Å². The van der Waals surface area contributed by atoms with Crippen LogP contribution >= 0.6 is 0 Å². The third-order valence-corrected chi connectivity index (χ3v) is 4.90. The van der Waals surface area contributed by atoms with Crippen LogP contribution < -0.4 is 25.2 Å². The first kappa shape index (κ1) is 22.5. The lowest BCUT2D eigenvalue weighted by Gasteiger charge is -2.12. The van der Waals surface area contributed by atoms with E-state index in [9.17, 15) is 14.0 Å². The predicted molar refractivity (Wildman–Crippen MR) is 123 cm³/mol. The molecule has 4 rings (SSSR count). The molecule has 11 heteroatoms. The SMILES string of the molecule is COc1cc(/C=C/C(=O)Nn2cnc3c(cnn3-c3ccc(F)cc3)c2=O)cc(OC)c1OC. The number of fused-ring (bicyclic) bond motifs is 1. The number of aromatic nitrogens is 4. The van der Waals surface area contributed by atoms with Gasteiger partial charge in [0.2, 0.25) is 5.75 Å².